The van der Waals surface area contributed by atoms with Crippen molar-refractivity contribution in [2.45, 2.75) is 36.6 Å². The molecule has 4 rings (SSSR count). The summed E-state index contributed by atoms with van der Waals surface area (Å²) in [6.07, 6.45) is 1.73. The number of hydrogen-bond donors (Lipinski definition) is 1. The van der Waals surface area contributed by atoms with Gasteiger partial charge in [-0.15, -0.1) is 0 Å². The summed E-state index contributed by atoms with van der Waals surface area (Å²) < 4.78 is 53.6. The van der Waals surface area contributed by atoms with Crippen molar-refractivity contribution in [1.82, 2.24) is 5.32 Å². The first kappa shape index (κ1) is 53.1. The molecule has 0 aliphatic heterocycles. The van der Waals surface area contributed by atoms with E-state index >= 15 is 0 Å². The van der Waals surface area contributed by atoms with Crippen molar-refractivity contribution in [3.8, 4) is 11.5 Å². The third kappa shape index (κ3) is 18.0. The normalized spacial score (nSPS) is 11.6. The summed E-state index contributed by atoms with van der Waals surface area (Å²) in [5, 5.41) is 11.9. The van der Waals surface area contributed by atoms with Crippen LogP contribution in [0.2, 0.25) is 0 Å². The van der Waals surface area contributed by atoms with Gasteiger partial charge >= 0.3 is 19.5 Å². The molecule has 0 heterocycles. The van der Waals surface area contributed by atoms with Crippen LogP contribution < -0.4 is 64.4 Å². The van der Waals surface area contributed by atoms with Crippen molar-refractivity contribution in [2.75, 3.05) is 59.9 Å². The molecule has 0 aliphatic carbocycles. The van der Waals surface area contributed by atoms with E-state index in [0.29, 0.717) is 57.5 Å². The van der Waals surface area contributed by atoms with Gasteiger partial charge in [0.05, 0.1) is 55.1 Å². The van der Waals surface area contributed by atoms with Gasteiger partial charge < -0.3 is 83.8 Å². The van der Waals surface area contributed by atoms with E-state index in [-0.39, 0.29) is 86.7 Å². The van der Waals surface area contributed by atoms with Crippen molar-refractivity contribution in [3.63, 3.8) is 0 Å². The van der Waals surface area contributed by atoms with Gasteiger partial charge in [-0.25, -0.2) is 8.42 Å². The Hall–Kier alpha value is -1.99. The summed E-state index contributed by atoms with van der Waals surface area (Å²) in [5.74, 6) is 0.879. The second-order valence-electron chi connectivity index (χ2n) is 11.2. The maximum atomic E-state index is 12.9. The molecule has 0 spiro atoms. The summed E-state index contributed by atoms with van der Waals surface area (Å²) in [5.41, 5.74) is 3.63. The molecule has 293 valence electrons. The van der Waals surface area contributed by atoms with Crippen LogP contribution in [0.4, 0.5) is 0 Å². The third-order valence-corrected chi connectivity index (χ3v) is 8.82. The standard InChI is InChI=1S/C38H47N2O7S.4ClH.Ru/c1-3-44-23-24-45-25-26-46-27-28-47-34-20-21-36(48(39,41)42)35(29-34)37(31-12-6-4-7-13-31)38(32-14-8-5-9-15-32)40-22-10-11-30-16-18-33(43-2)19-17-30;;;;;/h4-9,12-21,29,37-38,40H,3,10-11,22-28H2,1-2H3,(H-,39,41,42);4*1H;/q-1;;;;;+5/p-4/t37?,38-;;;;;/m0...../s1. The molecule has 0 bridgehead atoms. The largest absolute Gasteiger partial charge is 5.00 e. The molecule has 2 N–H and O–H groups in total. The number of halogens is 4. The van der Waals surface area contributed by atoms with Crippen molar-refractivity contribution < 1.29 is 101 Å². The van der Waals surface area contributed by atoms with E-state index in [2.05, 4.69) is 17.4 Å². The first-order valence-corrected chi connectivity index (χ1v) is 17.8. The minimum atomic E-state index is -4.32. The minimum Gasteiger partial charge on any atom is -1.00 e. The fourth-order valence-corrected chi connectivity index (χ4v) is 6.29. The molecule has 0 saturated carbocycles. The fourth-order valence-electron chi connectivity index (χ4n) is 5.55. The van der Waals surface area contributed by atoms with Gasteiger partial charge in [-0.2, -0.15) is 0 Å². The van der Waals surface area contributed by atoms with Crippen LogP contribution in [0.3, 0.4) is 0 Å². The molecule has 0 amide bonds. The predicted octanol–water partition coefficient (Wildman–Crippen LogP) is -5.01. The van der Waals surface area contributed by atoms with E-state index in [1.807, 2.05) is 79.7 Å². The summed E-state index contributed by atoms with van der Waals surface area (Å²) in [6, 6.07) is 32.4. The Morgan fingerprint density at radius 3 is 1.75 bits per heavy atom. The van der Waals surface area contributed by atoms with E-state index in [1.165, 1.54) is 11.6 Å². The van der Waals surface area contributed by atoms with Gasteiger partial charge in [-0.1, -0.05) is 72.8 Å². The average molecular weight is 919 g/mol. The molecule has 0 saturated heterocycles. The number of nitrogens with one attached hydrogen (secondary N) is 2. The average Bonchev–Trinajstić information content (AvgIpc) is 3.11. The van der Waals surface area contributed by atoms with Crippen LogP contribution in [0, 0.1) is 0 Å². The summed E-state index contributed by atoms with van der Waals surface area (Å²) >= 11 is 0. The molecular formula is C38H47Cl4N2O7RuS. The van der Waals surface area contributed by atoms with Crippen molar-refractivity contribution in [3.05, 3.63) is 131 Å². The maximum absolute atomic E-state index is 12.9. The SMILES string of the molecule is CCOCCOCCOCCOc1ccc(S([NH-])(=O)=O)c(C(c2ccccc2)[C@@H](NCCCc2ccc(OC)cc2)c2ccccc2)c1.[Cl-].[Cl-].[Cl-].[Cl-].[Ru+5]. The molecule has 2 atom stereocenters. The number of rotatable bonds is 22. The Kier molecular flexibility index (Phi) is 29.4. The van der Waals surface area contributed by atoms with Crippen LogP contribution in [0.25, 0.3) is 5.14 Å². The second-order valence-corrected chi connectivity index (χ2v) is 12.6. The van der Waals surface area contributed by atoms with Gasteiger partial charge in [-0.05, 0) is 78.9 Å². The summed E-state index contributed by atoms with van der Waals surface area (Å²) in [4.78, 5) is -0.0508. The predicted molar refractivity (Wildman–Crippen MR) is 188 cm³/mol. The van der Waals surface area contributed by atoms with Gasteiger partial charge in [0.25, 0.3) is 0 Å². The molecule has 0 fully saturated rings. The van der Waals surface area contributed by atoms with Gasteiger partial charge in [0, 0.05) is 18.6 Å². The Balaban J connectivity index is 0. The van der Waals surface area contributed by atoms with Crippen LogP contribution in [-0.4, -0.2) is 68.3 Å². The number of ether oxygens (including phenoxy) is 5. The number of methoxy groups -OCH3 is 1. The maximum Gasteiger partial charge on any atom is 5.00 e. The van der Waals surface area contributed by atoms with Gasteiger partial charge in [0.2, 0.25) is 0 Å². The molecule has 0 aromatic heterocycles. The number of benzene rings is 4. The summed E-state index contributed by atoms with van der Waals surface area (Å²) in [7, 11) is -2.66. The Morgan fingerprint density at radius 1 is 0.679 bits per heavy atom. The molecule has 0 aliphatic rings. The van der Waals surface area contributed by atoms with Crippen LogP contribution >= 0.6 is 0 Å². The van der Waals surface area contributed by atoms with Crippen molar-refractivity contribution >= 4 is 10.0 Å². The van der Waals surface area contributed by atoms with E-state index < -0.39 is 15.9 Å². The topological polar surface area (TPSA) is 116 Å². The van der Waals surface area contributed by atoms with E-state index in [9.17, 15) is 8.42 Å². The first-order valence-electron chi connectivity index (χ1n) is 16.4. The van der Waals surface area contributed by atoms with Crippen LogP contribution in [0.5, 0.6) is 11.5 Å². The minimum absolute atomic E-state index is 0. The van der Waals surface area contributed by atoms with E-state index in [4.69, 9.17) is 28.8 Å². The second kappa shape index (κ2) is 29.3. The quantitative estimate of drug-likeness (QED) is 0.0617. The number of aryl methyl sites for hydroxylation is 1. The Bertz CT molecular complexity index is 1610. The number of sulfonamides is 1. The van der Waals surface area contributed by atoms with Crippen LogP contribution in [0.15, 0.2) is 108 Å². The molecule has 15 heteroatoms. The zero-order chi connectivity index (χ0) is 34.0. The molecule has 1 unspecified atom stereocenters. The molecule has 9 nitrogen and oxygen atoms in total. The molecule has 1 radical (unpaired) electrons. The Labute approximate surface area is 352 Å². The van der Waals surface area contributed by atoms with E-state index in [0.717, 1.165) is 29.7 Å². The van der Waals surface area contributed by atoms with Gasteiger partial charge in [-0.3, -0.25) is 0 Å². The smallest absolute Gasteiger partial charge is 1.00 e. The Morgan fingerprint density at radius 2 is 1.21 bits per heavy atom. The zero-order valence-electron chi connectivity index (χ0n) is 29.7. The molecular weight excluding hydrogens is 871 g/mol. The van der Waals surface area contributed by atoms with Gasteiger partial charge in [0.15, 0.2) is 0 Å². The van der Waals surface area contributed by atoms with Gasteiger partial charge in [0.1, 0.15) is 18.1 Å². The fraction of sp³-hybridized carbons (Fsp3) is 0.368. The molecule has 53 heavy (non-hydrogen) atoms. The molecule has 4 aromatic rings. The zero-order valence-corrected chi connectivity index (χ0v) is 35.3. The van der Waals surface area contributed by atoms with E-state index in [1.54, 1.807) is 19.2 Å². The first-order chi connectivity index (χ1) is 23.4. The van der Waals surface area contributed by atoms with Crippen LogP contribution in [-0.2, 0) is 50.1 Å². The van der Waals surface area contributed by atoms with Crippen molar-refractivity contribution in [1.29, 1.82) is 0 Å². The van der Waals surface area contributed by atoms with Crippen LogP contribution in [0.1, 0.15) is 47.6 Å². The summed E-state index contributed by atoms with van der Waals surface area (Å²) in [6.45, 7) is 5.86. The third-order valence-electron chi connectivity index (χ3n) is 7.87. The van der Waals surface area contributed by atoms with Crippen molar-refractivity contribution in [2.24, 2.45) is 0 Å². The number of hydrogen-bond acceptors (Lipinski definition) is 8. The molecule has 4 aromatic carbocycles. The monoisotopic (exact) mass is 917 g/mol.